The zero-order valence-electron chi connectivity index (χ0n) is 21.0. The van der Waals surface area contributed by atoms with Crippen LogP contribution in [0.5, 0.6) is 0 Å². The van der Waals surface area contributed by atoms with Crippen LogP contribution in [-0.4, -0.2) is 14.8 Å². The van der Waals surface area contributed by atoms with Gasteiger partial charge in [-0.1, -0.05) is 70.2 Å². The first-order valence-electron chi connectivity index (χ1n) is 11.9. The van der Waals surface area contributed by atoms with Crippen molar-refractivity contribution in [1.82, 2.24) is 14.8 Å². The van der Waals surface area contributed by atoms with E-state index in [0.29, 0.717) is 0 Å². The first kappa shape index (κ1) is 25.8. The quantitative estimate of drug-likeness (QED) is 0.186. The fraction of sp³-hybridized carbons (Fsp3) is 0.188. The van der Waals surface area contributed by atoms with E-state index in [1.165, 1.54) is 22.4 Å². The van der Waals surface area contributed by atoms with Crippen molar-refractivity contribution in [2.45, 2.75) is 38.5 Å². The van der Waals surface area contributed by atoms with Gasteiger partial charge in [0.15, 0.2) is 0 Å². The van der Waals surface area contributed by atoms with Crippen molar-refractivity contribution < 1.29 is 20.1 Å². The fourth-order valence-corrected chi connectivity index (χ4v) is 4.76. The second kappa shape index (κ2) is 10.3. The molecule has 1 aliphatic rings. The smallest absolute Gasteiger partial charge is 0.0575 e. The van der Waals surface area contributed by atoms with Gasteiger partial charge in [0.1, 0.15) is 0 Å². The molecule has 0 aliphatic carbocycles. The van der Waals surface area contributed by atoms with Crippen molar-refractivity contribution in [3.8, 4) is 28.1 Å². The number of hydrogen-bond acceptors (Lipinski definition) is 2. The number of benzene rings is 3. The Hall–Kier alpha value is -3.33. The molecule has 0 saturated carbocycles. The summed E-state index contributed by atoms with van der Waals surface area (Å²) in [4.78, 5) is 4.22. The fourth-order valence-electron chi connectivity index (χ4n) is 4.76. The minimum absolute atomic E-state index is 0. The number of nitrogens with zero attached hydrogens (tertiary/aromatic N) is 3. The molecule has 0 unspecified atom stereocenters. The van der Waals surface area contributed by atoms with Crippen molar-refractivity contribution in [1.29, 1.82) is 0 Å². The molecular formula is C32H29IrN3-2. The second-order valence-electron chi connectivity index (χ2n) is 9.86. The molecular weight excluding hydrogens is 619 g/mol. The third kappa shape index (κ3) is 4.48. The Morgan fingerprint density at radius 3 is 2.14 bits per heavy atom. The van der Waals surface area contributed by atoms with Crippen molar-refractivity contribution in [2.24, 2.45) is 0 Å². The summed E-state index contributed by atoms with van der Waals surface area (Å²) >= 11 is 0. The van der Waals surface area contributed by atoms with Crippen LogP contribution in [0.3, 0.4) is 0 Å². The van der Waals surface area contributed by atoms with Crippen LogP contribution in [0.4, 0.5) is 0 Å². The van der Waals surface area contributed by atoms with Crippen LogP contribution < -0.4 is 0 Å². The molecule has 0 saturated heterocycles. The average molecular weight is 648 g/mol. The molecule has 0 spiro atoms. The van der Waals surface area contributed by atoms with E-state index in [1.807, 2.05) is 54.7 Å². The van der Waals surface area contributed by atoms with Crippen LogP contribution >= 0.6 is 0 Å². The van der Waals surface area contributed by atoms with Crippen molar-refractivity contribution in [2.75, 3.05) is 0 Å². The summed E-state index contributed by atoms with van der Waals surface area (Å²) in [7, 11) is 0. The van der Waals surface area contributed by atoms with Gasteiger partial charge >= 0.3 is 0 Å². The minimum atomic E-state index is -0.0448. The number of para-hydroxylation sites is 1. The van der Waals surface area contributed by atoms with E-state index in [4.69, 9.17) is 5.10 Å². The molecule has 0 amide bonds. The summed E-state index contributed by atoms with van der Waals surface area (Å²) < 4.78 is 2.09. The Kier molecular flexibility index (Phi) is 7.40. The molecule has 2 aromatic heterocycles. The molecule has 6 rings (SSSR count). The number of fused-ring (bicyclic) bond motifs is 3. The topological polar surface area (TPSA) is 30.7 Å². The number of aromatic nitrogens is 3. The van der Waals surface area contributed by atoms with Crippen LogP contribution in [0, 0.1) is 12.1 Å². The Morgan fingerprint density at radius 2 is 1.44 bits per heavy atom. The van der Waals surface area contributed by atoms with Gasteiger partial charge in [0.25, 0.3) is 0 Å². The van der Waals surface area contributed by atoms with Crippen LogP contribution in [0.25, 0.3) is 28.1 Å². The van der Waals surface area contributed by atoms with Crippen molar-refractivity contribution >= 4 is 0 Å². The van der Waals surface area contributed by atoms with Crippen LogP contribution in [0.2, 0.25) is 0 Å². The molecule has 0 bridgehead atoms. The summed E-state index contributed by atoms with van der Waals surface area (Å²) in [5.74, 6) is 0. The number of rotatable bonds is 2. The molecule has 1 radical (unpaired) electrons. The van der Waals surface area contributed by atoms with Crippen LogP contribution in [-0.2, 0) is 30.9 Å². The Labute approximate surface area is 227 Å². The zero-order chi connectivity index (χ0) is 24.5. The van der Waals surface area contributed by atoms with Gasteiger partial charge in [0.05, 0.1) is 11.9 Å². The van der Waals surface area contributed by atoms with Gasteiger partial charge in [-0.3, -0.25) is 4.68 Å². The van der Waals surface area contributed by atoms with E-state index in [1.54, 1.807) is 6.20 Å². The second-order valence-corrected chi connectivity index (χ2v) is 9.86. The maximum atomic E-state index is 4.72. The molecule has 4 heteroatoms. The van der Waals surface area contributed by atoms with E-state index >= 15 is 0 Å². The first-order chi connectivity index (χ1) is 16.9. The van der Waals surface area contributed by atoms with E-state index in [-0.39, 0.29) is 30.9 Å². The van der Waals surface area contributed by atoms with E-state index in [9.17, 15) is 0 Å². The Morgan fingerprint density at radius 1 is 0.722 bits per heavy atom. The summed E-state index contributed by atoms with van der Waals surface area (Å²) in [6, 6.07) is 37.0. The molecule has 0 atom stereocenters. The van der Waals surface area contributed by atoms with Crippen LogP contribution in [0.15, 0.2) is 103 Å². The standard InChI is InChI=1S/C21H21N2.C11H8N.Ir/c1-20(2)17-12-8-9-13-18(17)23-19(21(20,3)4)16(14-22-23)15-10-6-5-7-11-15;1-2-6-10(7-3-1)11-8-4-5-9-12-11;/h5-12,14H,1-4H3;1-6,8-9H;/q2*-1;. The summed E-state index contributed by atoms with van der Waals surface area (Å²) in [6.07, 6.45) is 3.79. The third-order valence-electron chi connectivity index (χ3n) is 7.38. The predicted molar refractivity (Wildman–Crippen MR) is 142 cm³/mol. The van der Waals surface area contributed by atoms with Gasteiger partial charge in [0.2, 0.25) is 0 Å². The molecule has 183 valence electrons. The van der Waals surface area contributed by atoms with Gasteiger partial charge in [0, 0.05) is 37.3 Å². The number of hydrogen-bond donors (Lipinski definition) is 0. The third-order valence-corrected chi connectivity index (χ3v) is 7.38. The normalized spacial score (nSPS) is 14.3. The predicted octanol–water partition coefficient (Wildman–Crippen LogP) is 7.45. The molecule has 36 heavy (non-hydrogen) atoms. The molecule has 3 nitrogen and oxygen atoms in total. The minimum Gasteiger partial charge on any atom is -0.305 e. The Bertz CT molecular complexity index is 1370. The van der Waals surface area contributed by atoms with E-state index in [0.717, 1.165) is 16.9 Å². The molecule has 0 N–H and O–H groups in total. The zero-order valence-corrected chi connectivity index (χ0v) is 23.4. The van der Waals surface area contributed by atoms with E-state index < -0.39 is 0 Å². The molecule has 5 aromatic rings. The largest absolute Gasteiger partial charge is 0.305 e. The molecule has 3 aromatic carbocycles. The van der Waals surface area contributed by atoms with Gasteiger partial charge in [-0.25, -0.2) is 0 Å². The molecule has 0 fully saturated rings. The summed E-state index contributed by atoms with van der Waals surface area (Å²) in [6.45, 7) is 9.29. The van der Waals surface area contributed by atoms with Crippen LogP contribution in [0.1, 0.15) is 39.0 Å². The van der Waals surface area contributed by atoms with Gasteiger partial charge in [-0.2, -0.15) is 29.4 Å². The van der Waals surface area contributed by atoms with Crippen molar-refractivity contribution in [3.63, 3.8) is 0 Å². The summed E-state index contributed by atoms with van der Waals surface area (Å²) in [5, 5.41) is 4.72. The first-order valence-corrected chi connectivity index (χ1v) is 11.9. The van der Waals surface area contributed by atoms with E-state index in [2.05, 4.69) is 92.0 Å². The molecule has 3 heterocycles. The van der Waals surface area contributed by atoms with Gasteiger partial charge < -0.3 is 4.98 Å². The monoisotopic (exact) mass is 648 g/mol. The maximum absolute atomic E-state index is 4.72. The molecule has 1 aliphatic heterocycles. The number of pyridine rings is 1. The van der Waals surface area contributed by atoms with Crippen molar-refractivity contribution in [3.05, 3.63) is 127 Å². The SMILES string of the molecule is CC1(C)c2ccc[c-]c2-n2ncc(-c3ccccc3)c2C1(C)C.[Ir].[c-]1ccccc1-c1ccccn1. The average Bonchev–Trinajstić information content (AvgIpc) is 3.36. The summed E-state index contributed by atoms with van der Waals surface area (Å²) in [5.41, 5.74) is 8.05. The maximum Gasteiger partial charge on any atom is 0.0575 e. The van der Waals surface area contributed by atoms with Gasteiger partial charge in [-0.15, -0.1) is 41.5 Å². The Balaban J connectivity index is 0.000000198. The van der Waals surface area contributed by atoms with Gasteiger partial charge in [-0.05, 0) is 28.4 Å².